The lowest BCUT2D eigenvalue weighted by atomic mass is 10.0. The Labute approximate surface area is 94.7 Å². The molecule has 0 bridgehead atoms. The van der Waals surface area contributed by atoms with Crippen molar-refractivity contribution in [1.82, 2.24) is 4.31 Å². The lowest BCUT2D eigenvalue weighted by Gasteiger charge is -2.50. The first kappa shape index (κ1) is 12.4. The molecular formula is C8H14N2O3S2. The molecule has 1 rings (SSSR count). The summed E-state index contributed by atoms with van der Waals surface area (Å²) < 4.78 is 23.0. The number of hydrogen-bond acceptors (Lipinski definition) is 4. The summed E-state index contributed by atoms with van der Waals surface area (Å²) >= 11 is 4.76. The molecule has 0 aromatic carbocycles. The van der Waals surface area contributed by atoms with Crippen LogP contribution in [0.5, 0.6) is 0 Å². The van der Waals surface area contributed by atoms with Crippen LogP contribution in [0.3, 0.4) is 0 Å². The molecule has 1 aliphatic heterocycles. The predicted molar refractivity (Wildman–Crippen MR) is 60.7 cm³/mol. The summed E-state index contributed by atoms with van der Waals surface area (Å²) in [7, 11) is -3.64. The van der Waals surface area contributed by atoms with Crippen LogP contribution in [0.25, 0.3) is 0 Å². The van der Waals surface area contributed by atoms with E-state index in [1.807, 2.05) is 0 Å². The van der Waals surface area contributed by atoms with Gasteiger partial charge >= 0.3 is 0 Å². The summed E-state index contributed by atoms with van der Waals surface area (Å²) in [4.78, 5) is 11.7. The van der Waals surface area contributed by atoms with Crippen molar-refractivity contribution < 1.29 is 13.2 Å². The van der Waals surface area contributed by atoms with E-state index in [2.05, 4.69) is 0 Å². The first-order valence-electron chi connectivity index (χ1n) is 4.36. The molecule has 5 nitrogen and oxygen atoms in total. The fourth-order valence-electron chi connectivity index (χ4n) is 1.31. The van der Waals surface area contributed by atoms with Gasteiger partial charge in [-0.1, -0.05) is 12.2 Å². The number of carbonyl (C=O) groups excluding carboxylic acids is 1. The molecule has 1 heterocycles. The molecule has 15 heavy (non-hydrogen) atoms. The maximum Gasteiger partial charge on any atom is 0.259 e. The van der Waals surface area contributed by atoms with Crippen molar-refractivity contribution in [1.29, 1.82) is 0 Å². The van der Waals surface area contributed by atoms with E-state index in [0.717, 1.165) is 4.31 Å². The average molecular weight is 250 g/mol. The van der Waals surface area contributed by atoms with Crippen molar-refractivity contribution >= 4 is 33.1 Å². The molecule has 1 aliphatic rings. The quantitative estimate of drug-likeness (QED) is 0.698. The Morgan fingerprint density at radius 1 is 1.47 bits per heavy atom. The summed E-state index contributed by atoms with van der Waals surface area (Å²) in [5, 5.41) is 0. The zero-order valence-corrected chi connectivity index (χ0v) is 10.7. The van der Waals surface area contributed by atoms with E-state index in [-0.39, 0.29) is 4.99 Å². The second-order valence-electron chi connectivity index (χ2n) is 4.51. The van der Waals surface area contributed by atoms with Crippen molar-refractivity contribution in [2.45, 2.75) is 38.0 Å². The monoisotopic (exact) mass is 250 g/mol. The summed E-state index contributed by atoms with van der Waals surface area (Å²) in [5.41, 5.74) is 4.29. The first-order valence-corrected chi connectivity index (χ1v) is 6.21. The summed E-state index contributed by atoms with van der Waals surface area (Å²) in [6.07, 6.45) is 0. The number of rotatable bonds is 2. The molecule has 0 aromatic heterocycles. The Hall–Kier alpha value is -0.690. The first-order chi connectivity index (χ1) is 6.47. The van der Waals surface area contributed by atoms with Gasteiger partial charge in [-0.3, -0.25) is 4.79 Å². The van der Waals surface area contributed by atoms with E-state index < -0.39 is 26.2 Å². The van der Waals surface area contributed by atoms with Gasteiger partial charge in [-0.15, -0.1) is 0 Å². The van der Waals surface area contributed by atoms with Crippen molar-refractivity contribution in [2.75, 3.05) is 0 Å². The Morgan fingerprint density at radius 3 is 2.13 bits per heavy atom. The van der Waals surface area contributed by atoms with Crippen LogP contribution >= 0.6 is 12.2 Å². The molecular weight excluding hydrogens is 236 g/mol. The molecule has 0 spiro atoms. The van der Waals surface area contributed by atoms with Gasteiger partial charge in [0.05, 0.1) is 4.99 Å². The van der Waals surface area contributed by atoms with Gasteiger partial charge < -0.3 is 5.73 Å². The number of nitrogens with zero attached hydrogens (tertiary/aromatic N) is 1. The Bertz CT molecular complexity index is 437. The lowest BCUT2D eigenvalue weighted by Crippen LogP contribution is -2.74. The second kappa shape index (κ2) is 2.91. The van der Waals surface area contributed by atoms with Crippen LogP contribution in [-0.4, -0.2) is 33.9 Å². The number of thiocarbonyl (C=S) groups is 1. The number of carbonyl (C=O) groups is 1. The molecule has 0 saturated carbocycles. The largest absolute Gasteiger partial charge is 0.391 e. The number of nitrogens with two attached hydrogens (primary N) is 1. The van der Waals surface area contributed by atoms with Crippen molar-refractivity contribution in [3.63, 3.8) is 0 Å². The molecule has 0 radical (unpaired) electrons. The number of hydrogen-bond donors (Lipinski definition) is 1. The summed E-state index contributed by atoms with van der Waals surface area (Å²) in [6.45, 7) is 5.77. The van der Waals surface area contributed by atoms with Crippen molar-refractivity contribution in [3.05, 3.63) is 0 Å². The third-order valence-electron chi connectivity index (χ3n) is 2.70. The molecule has 7 heteroatoms. The highest BCUT2D eigenvalue weighted by Crippen LogP contribution is 2.40. The highest BCUT2D eigenvalue weighted by molar-refractivity contribution is 7.94. The van der Waals surface area contributed by atoms with Crippen LogP contribution in [0.4, 0.5) is 0 Å². The summed E-state index contributed by atoms with van der Waals surface area (Å²) in [6, 6.07) is 0. The lowest BCUT2D eigenvalue weighted by molar-refractivity contribution is -0.134. The van der Waals surface area contributed by atoms with Gasteiger partial charge in [-0.25, -0.2) is 12.7 Å². The highest BCUT2D eigenvalue weighted by atomic mass is 32.2. The smallest absolute Gasteiger partial charge is 0.259 e. The molecule has 1 saturated heterocycles. The van der Waals surface area contributed by atoms with Gasteiger partial charge in [-0.2, -0.15) is 0 Å². The minimum Gasteiger partial charge on any atom is -0.391 e. The van der Waals surface area contributed by atoms with Gasteiger partial charge in [0.15, 0.2) is 4.75 Å². The molecule has 2 N–H and O–H groups in total. The van der Waals surface area contributed by atoms with Crippen molar-refractivity contribution in [2.24, 2.45) is 5.73 Å². The zero-order chi connectivity index (χ0) is 12.2. The maximum atomic E-state index is 11.8. The van der Waals surface area contributed by atoms with E-state index >= 15 is 0 Å². The Kier molecular flexibility index (Phi) is 2.40. The molecule has 86 valence electrons. The van der Waals surface area contributed by atoms with Crippen LogP contribution in [-0.2, 0) is 14.8 Å². The maximum absolute atomic E-state index is 11.8. The van der Waals surface area contributed by atoms with E-state index in [9.17, 15) is 13.2 Å². The highest BCUT2D eigenvalue weighted by Gasteiger charge is 2.64. The van der Waals surface area contributed by atoms with E-state index in [4.69, 9.17) is 18.0 Å². The standard InChI is InChI=1S/C8H14N2O3S2/c1-7(2,5(9)14)10-6(11)8(3,4)15(10,12)13/h1-4H3,(H2,9,14). The molecule has 0 atom stereocenters. The third kappa shape index (κ3) is 1.29. The average Bonchev–Trinajstić information content (AvgIpc) is 2.02. The minimum atomic E-state index is -3.64. The van der Waals surface area contributed by atoms with Crippen LogP contribution in [0.2, 0.25) is 0 Å². The van der Waals surface area contributed by atoms with Crippen LogP contribution in [0.1, 0.15) is 27.7 Å². The van der Waals surface area contributed by atoms with E-state index in [1.54, 1.807) is 0 Å². The van der Waals surface area contributed by atoms with Crippen LogP contribution in [0, 0.1) is 0 Å². The topological polar surface area (TPSA) is 80.5 Å². The van der Waals surface area contributed by atoms with Gasteiger partial charge in [0.1, 0.15) is 5.54 Å². The SMILES string of the molecule is CC(C)(C(N)=S)N1C(=O)C(C)(C)S1(=O)=O. The molecule has 0 aliphatic carbocycles. The molecule has 0 unspecified atom stereocenters. The third-order valence-corrected chi connectivity index (χ3v) is 5.76. The fourth-order valence-corrected chi connectivity index (χ4v) is 3.24. The van der Waals surface area contributed by atoms with Gasteiger partial charge in [0, 0.05) is 0 Å². The Balaban J connectivity index is 3.25. The zero-order valence-electron chi connectivity index (χ0n) is 9.07. The second-order valence-corrected chi connectivity index (χ2v) is 7.28. The van der Waals surface area contributed by atoms with Crippen LogP contribution in [0.15, 0.2) is 0 Å². The van der Waals surface area contributed by atoms with E-state index in [0.29, 0.717) is 0 Å². The number of amides is 1. The van der Waals surface area contributed by atoms with Gasteiger partial charge in [-0.05, 0) is 27.7 Å². The predicted octanol–water partition coefficient (Wildman–Crippen LogP) is 0.00170. The number of sulfonamides is 1. The molecule has 1 amide bonds. The van der Waals surface area contributed by atoms with Crippen LogP contribution < -0.4 is 5.73 Å². The molecule has 1 fully saturated rings. The normalized spacial score (nSPS) is 23.5. The minimum absolute atomic E-state index is 0.0186. The van der Waals surface area contributed by atoms with E-state index in [1.165, 1.54) is 27.7 Å². The molecule has 0 aromatic rings. The van der Waals surface area contributed by atoms with Crippen molar-refractivity contribution in [3.8, 4) is 0 Å². The van der Waals surface area contributed by atoms with Gasteiger partial charge in [0.2, 0.25) is 0 Å². The van der Waals surface area contributed by atoms with Gasteiger partial charge in [0.25, 0.3) is 15.9 Å². The fraction of sp³-hybridized carbons (Fsp3) is 0.750. The Morgan fingerprint density at radius 2 is 1.87 bits per heavy atom. The summed E-state index contributed by atoms with van der Waals surface area (Å²) in [5.74, 6) is -0.472.